The van der Waals surface area contributed by atoms with Gasteiger partial charge in [0.05, 0.1) is 7.11 Å². The molecule has 0 saturated carbocycles. The summed E-state index contributed by atoms with van der Waals surface area (Å²) in [4.78, 5) is 2.69. The Morgan fingerprint density at radius 2 is 2.00 bits per heavy atom. The molecule has 0 unspecified atom stereocenters. The van der Waals surface area contributed by atoms with Gasteiger partial charge in [0, 0.05) is 34.5 Å². The highest BCUT2D eigenvalue weighted by Crippen LogP contribution is 2.24. The first-order valence-electron chi connectivity index (χ1n) is 6.22. The first-order chi connectivity index (χ1) is 9.10. The van der Waals surface area contributed by atoms with E-state index in [9.17, 15) is 5.11 Å². The molecule has 102 valence electrons. The van der Waals surface area contributed by atoms with Crippen LogP contribution in [0.15, 0.2) is 24.3 Å². The average molecular weight is 277 g/mol. The fourth-order valence-corrected chi connectivity index (χ4v) is 2.90. The second kappa shape index (κ2) is 6.08. The standard InChI is InChI=1S/C15H19NO2S/c1-10-6-14(19-11(10)2)9-16-8-12-4-5-13(18-3)7-15(12)17/h4-7,16-17H,8-9H2,1-3H3. The molecule has 2 N–H and O–H groups in total. The van der Waals surface area contributed by atoms with Gasteiger partial charge < -0.3 is 15.2 Å². The van der Waals surface area contributed by atoms with Crippen LogP contribution in [0.2, 0.25) is 0 Å². The number of ether oxygens (including phenoxy) is 1. The van der Waals surface area contributed by atoms with Gasteiger partial charge in [-0.1, -0.05) is 6.07 Å². The number of hydrogen-bond acceptors (Lipinski definition) is 4. The van der Waals surface area contributed by atoms with E-state index in [1.165, 1.54) is 15.3 Å². The van der Waals surface area contributed by atoms with Crippen molar-refractivity contribution in [1.82, 2.24) is 5.32 Å². The number of hydrogen-bond donors (Lipinski definition) is 2. The molecule has 0 aliphatic heterocycles. The van der Waals surface area contributed by atoms with Crippen LogP contribution in [-0.4, -0.2) is 12.2 Å². The van der Waals surface area contributed by atoms with Gasteiger partial charge in [-0.15, -0.1) is 11.3 Å². The Morgan fingerprint density at radius 3 is 2.58 bits per heavy atom. The molecule has 2 rings (SSSR count). The Labute approximate surface area is 117 Å². The molecular formula is C15H19NO2S. The van der Waals surface area contributed by atoms with Crippen molar-refractivity contribution in [3.63, 3.8) is 0 Å². The van der Waals surface area contributed by atoms with Gasteiger partial charge in [0.25, 0.3) is 0 Å². The number of phenolic OH excluding ortho intramolecular Hbond substituents is 1. The van der Waals surface area contributed by atoms with Crippen molar-refractivity contribution in [3.05, 3.63) is 45.1 Å². The highest BCUT2D eigenvalue weighted by molar-refractivity contribution is 7.12. The summed E-state index contributed by atoms with van der Waals surface area (Å²) < 4.78 is 5.06. The van der Waals surface area contributed by atoms with Crippen molar-refractivity contribution in [1.29, 1.82) is 0 Å². The third-order valence-corrected chi connectivity index (χ3v) is 4.28. The van der Waals surface area contributed by atoms with Crippen molar-refractivity contribution in [2.24, 2.45) is 0 Å². The van der Waals surface area contributed by atoms with Crippen LogP contribution in [0.25, 0.3) is 0 Å². The molecule has 1 aromatic heterocycles. The van der Waals surface area contributed by atoms with Crippen molar-refractivity contribution in [2.45, 2.75) is 26.9 Å². The lowest BCUT2D eigenvalue weighted by molar-refractivity contribution is 0.406. The molecule has 0 spiro atoms. The minimum absolute atomic E-state index is 0.269. The highest BCUT2D eigenvalue weighted by atomic mass is 32.1. The summed E-state index contributed by atoms with van der Waals surface area (Å²) >= 11 is 1.81. The van der Waals surface area contributed by atoms with Gasteiger partial charge in [-0.05, 0) is 31.5 Å². The van der Waals surface area contributed by atoms with Crippen LogP contribution in [0, 0.1) is 13.8 Å². The Bertz CT molecular complexity index is 544. The molecular weight excluding hydrogens is 258 g/mol. The Morgan fingerprint density at radius 1 is 1.21 bits per heavy atom. The van der Waals surface area contributed by atoms with Gasteiger partial charge >= 0.3 is 0 Å². The van der Waals surface area contributed by atoms with E-state index in [0.717, 1.165) is 12.1 Å². The van der Waals surface area contributed by atoms with E-state index in [0.29, 0.717) is 12.3 Å². The zero-order chi connectivity index (χ0) is 13.8. The monoisotopic (exact) mass is 277 g/mol. The molecule has 0 radical (unpaired) electrons. The fourth-order valence-electron chi connectivity index (χ4n) is 1.88. The Kier molecular flexibility index (Phi) is 4.45. The van der Waals surface area contributed by atoms with Crippen LogP contribution < -0.4 is 10.1 Å². The van der Waals surface area contributed by atoms with Crippen LogP contribution in [-0.2, 0) is 13.1 Å². The minimum Gasteiger partial charge on any atom is -0.507 e. The summed E-state index contributed by atoms with van der Waals surface area (Å²) in [5.74, 6) is 0.941. The number of phenols is 1. The van der Waals surface area contributed by atoms with Gasteiger partial charge in [0.2, 0.25) is 0 Å². The minimum atomic E-state index is 0.269. The summed E-state index contributed by atoms with van der Waals surface area (Å²) in [6, 6.07) is 7.58. The highest BCUT2D eigenvalue weighted by Gasteiger charge is 2.04. The number of thiophene rings is 1. The number of benzene rings is 1. The van der Waals surface area contributed by atoms with Crippen LogP contribution >= 0.6 is 11.3 Å². The van der Waals surface area contributed by atoms with Crippen molar-refractivity contribution < 1.29 is 9.84 Å². The molecule has 0 bridgehead atoms. The van der Waals surface area contributed by atoms with Crippen molar-refractivity contribution >= 4 is 11.3 Å². The molecule has 0 fully saturated rings. The molecule has 0 aliphatic rings. The summed E-state index contributed by atoms with van der Waals surface area (Å²) in [6.07, 6.45) is 0. The molecule has 3 nitrogen and oxygen atoms in total. The average Bonchev–Trinajstić information content (AvgIpc) is 2.70. The number of aromatic hydroxyl groups is 1. The van der Waals surface area contributed by atoms with E-state index >= 15 is 0 Å². The number of rotatable bonds is 5. The second-order valence-corrected chi connectivity index (χ2v) is 5.89. The lowest BCUT2D eigenvalue weighted by Crippen LogP contribution is -2.11. The number of nitrogens with one attached hydrogen (secondary N) is 1. The molecule has 4 heteroatoms. The second-order valence-electron chi connectivity index (χ2n) is 4.55. The van der Waals surface area contributed by atoms with Gasteiger partial charge in [-0.2, -0.15) is 0 Å². The third kappa shape index (κ3) is 3.49. The molecule has 1 aromatic carbocycles. The Hall–Kier alpha value is -1.52. The van der Waals surface area contributed by atoms with Crippen LogP contribution in [0.3, 0.4) is 0 Å². The molecule has 0 aliphatic carbocycles. The first-order valence-corrected chi connectivity index (χ1v) is 7.04. The zero-order valence-electron chi connectivity index (χ0n) is 11.5. The van der Waals surface area contributed by atoms with Crippen LogP contribution in [0.4, 0.5) is 0 Å². The molecule has 19 heavy (non-hydrogen) atoms. The predicted octanol–water partition coefficient (Wildman–Crippen LogP) is 3.37. The van der Waals surface area contributed by atoms with Crippen molar-refractivity contribution in [3.8, 4) is 11.5 Å². The largest absolute Gasteiger partial charge is 0.507 e. The normalized spacial score (nSPS) is 10.7. The van der Waals surface area contributed by atoms with E-state index in [2.05, 4.69) is 25.2 Å². The maximum absolute atomic E-state index is 9.85. The molecule has 0 atom stereocenters. The lowest BCUT2D eigenvalue weighted by atomic mass is 10.2. The predicted molar refractivity (Wildman–Crippen MR) is 79.0 cm³/mol. The van der Waals surface area contributed by atoms with E-state index < -0.39 is 0 Å². The van der Waals surface area contributed by atoms with Gasteiger partial charge in [-0.3, -0.25) is 0 Å². The third-order valence-electron chi connectivity index (χ3n) is 3.12. The van der Waals surface area contributed by atoms with Gasteiger partial charge in [0.1, 0.15) is 11.5 Å². The Balaban J connectivity index is 1.92. The van der Waals surface area contributed by atoms with E-state index in [1.807, 2.05) is 23.5 Å². The zero-order valence-corrected chi connectivity index (χ0v) is 12.3. The van der Waals surface area contributed by atoms with E-state index in [1.54, 1.807) is 13.2 Å². The van der Waals surface area contributed by atoms with Crippen LogP contribution in [0.5, 0.6) is 11.5 Å². The van der Waals surface area contributed by atoms with E-state index in [4.69, 9.17) is 4.74 Å². The van der Waals surface area contributed by atoms with Crippen molar-refractivity contribution in [2.75, 3.05) is 7.11 Å². The van der Waals surface area contributed by atoms with Gasteiger partial charge in [-0.25, -0.2) is 0 Å². The number of methoxy groups -OCH3 is 1. The first kappa shape index (κ1) is 13.9. The summed E-state index contributed by atoms with van der Waals surface area (Å²) in [5, 5.41) is 13.2. The fraction of sp³-hybridized carbons (Fsp3) is 0.333. The number of aryl methyl sites for hydroxylation is 2. The maximum atomic E-state index is 9.85. The van der Waals surface area contributed by atoms with Gasteiger partial charge in [0.15, 0.2) is 0 Å². The lowest BCUT2D eigenvalue weighted by Gasteiger charge is -2.07. The SMILES string of the molecule is COc1ccc(CNCc2cc(C)c(C)s2)c(O)c1. The molecule has 1 heterocycles. The maximum Gasteiger partial charge on any atom is 0.123 e. The van der Waals surface area contributed by atoms with Crippen LogP contribution in [0.1, 0.15) is 20.9 Å². The van der Waals surface area contributed by atoms with E-state index in [-0.39, 0.29) is 5.75 Å². The summed E-state index contributed by atoms with van der Waals surface area (Å²) in [5.41, 5.74) is 2.22. The molecule has 0 amide bonds. The summed E-state index contributed by atoms with van der Waals surface area (Å²) in [7, 11) is 1.59. The molecule has 2 aromatic rings. The molecule has 0 saturated heterocycles. The topological polar surface area (TPSA) is 41.5 Å². The quantitative estimate of drug-likeness (QED) is 0.880. The smallest absolute Gasteiger partial charge is 0.123 e. The summed E-state index contributed by atoms with van der Waals surface area (Å²) in [6.45, 7) is 5.74.